The van der Waals surface area contributed by atoms with Crippen LogP contribution in [-0.2, 0) is 14.8 Å². The molecule has 2 rings (SSSR count). The number of halogens is 1. The predicted octanol–water partition coefficient (Wildman–Crippen LogP) is 1.31. The first kappa shape index (κ1) is 15.7. The molecule has 7 heteroatoms. The molecule has 0 aliphatic carbocycles. The zero-order chi connectivity index (χ0) is 14.6. The van der Waals surface area contributed by atoms with Crippen molar-refractivity contribution >= 4 is 21.6 Å². The minimum atomic E-state index is -3.61. The van der Waals surface area contributed by atoms with Crippen LogP contribution in [0.2, 0.25) is 5.02 Å². The maximum absolute atomic E-state index is 12.3. The number of nitrogens with one attached hydrogen (secondary N) is 2. The first-order valence-electron chi connectivity index (χ1n) is 6.57. The van der Waals surface area contributed by atoms with Crippen molar-refractivity contribution in [3.8, 4) is 0 Å². The van der Waals surface area contributed by atoms with Gasteiger partial charge in [0.05, 0.1) is 11.1 Å². The molecule has 0 bridgehead atoms. The highest BCUT2D eigenvalue weighted by atomic mass is 35.5. The molecule has 0 unspecified atom stereocenters. The SMILES string of the molecule is Cc1ccc(Cl)c(S(=O)(=O)NC[C@@H]2CNCCCO2)c1. The van der Waals surface area contributed by atoms with Crippen molar-refractivity contribution in [3.63, 3.8) is 0 Å². The topological polar surface area (TPSA) is 67.4 Å². The second-order valence-corrected chi connectivity index (χ2v) is 6.98. The van der Waals surface area contributed by atoms with Gasteiger partial charge in [0.1, 0.15) is 4.90 Å². The third kappa shape index (κ3) is 4.17. The predicted molar refractivity (Wildman–Crippen MR) is 78.6 cm³/mol. The summed E-state index contributed by atoms with van der Waals surface area (Å²) in [6.45, 7) is 4.24. The molecule has 0 aromatic heterocycles. The van der Waals surface area contributed by atoms with E-state index < -0.39 is 10.0 Å². The first-order chi connectivity index (χ1) is 9.49. The number of hydrogen-bond acceptors (Lipinski definition) is 4. The Morgan fingerprint density at radius 2 is 2.30 bits per heavy atom. The summed E-state index contributed by atoms with van der Waals surface area (Å²) in [7, 11) is -3.61. The largest absolute Gasteiger partial charge is 0.375 e. The number of sulfonamides is 1. The number of aryl methyl sites for hydroxylation is 1. The molecule has 1 saturated heterocycles. The van der Waals surface area contributed by atoms with Gasteiger partial charge in [0, 0.05) is 19.7 Å². The minimum absolute atomic E-state index is 0.112. The summed E-state index contributed by atoms with van der Waals surface area (Å²) in [5.41, 5.74) is 0.849. The highest BCUT2D eigenvalue weighted by Gasteiger charge is 2.20. The number of ether oxygens (including phenoxy) is 1. The summed E-state index contributed by atoms with van der Waals surface area (Å²) in [4.78, 5) is 0.112. The Labute approximate surface area is 124 Å². The van der Waals surface area contributed by atoms with Gasteiger partial charge in [-0.1, -0.05) is 17.7 Å². The van der Waals surface area contributed by atoms with Crippen LogP contribution in [0.15, 0.2) is 23.1 Å². The molecule has 1 aromatic carbocycles. The molecule has 1 aromatic rings. The summed E-state index contributed by atoms with van der Waals surface area (Å²) in [6, 6.07) is 4.94. The van der Waals surface area contributed by atoms with E-state index in [2.05, 4.69) is 10.0 Å². The summed E-state index contributed by atoms with van der Waals surface area (Å²) in [6.07, 6.45) is 0.781. The Hall–Kier alpha value is -0.660. The molecule has 20 heavy (non-hydrogen) atoms. The average Bonchev–Trinajstić information content (AvgIpc) is 2.68. The van der Waals surface area contributed by atoms with E-state index in [1.807, 2.05) is 6.92 Å². The Kier molecular flexibility index (Phi) is 5.40. The third-order valence-electron chi connectivity index (χ3n) is 3.10. The molecular weight excluding hydrogens is 300 g/mol. The number of benzene rings is 1. The van der Waals surface area contributed by atoms with Gasteiger partial charge < -0.3 is 10.1 Å². The molecule has 0 radical (unpaired) electrons. The van der Waals surface area contributed by atoms with E-state index in [1.165, 1.54) is 0 Å². The van der Waals surface area contributed by atoms with Crippen LogP contribution < -0.4 is 10.0 Å². The lowest BCUT2D eigenvalue weighted by atomic mass is 10.2. The van der Waals surface area contributed by atoms with Gasteiger partial charge in [0.25, 0.3) is 0 Å². The molecule has 2 N–H and O–H groups in total. The van der Waals surface area contributed by atoms with Crippen molar-refractivity contribution in [1.82, 2.24) is 10.0 Å². The fourth-order valence-electron chi connectivity index (χ4n) is 2.00. The maximum atomic E-state index is 12.3. The van der Waals surface area contributed by atoms with Gasteiger partial charge in [-0.05, 0) is 37.6 Å². The fraction of sp³-hybridized carbons (Fsp3) is 0.538. The standard InChI is InChI=1S/C13H19ClN2O3S/c1-10-3-4-12(14)13(7-10)20(17,18)16-9-11-8-15-5-2-6-19-11/h3-4,7,11,15-16H,2,5-6,8-9H2,1H3/t11-/m0/s1. The van der Waals surface area contributed by atoms with Crippen LogP contribution in [0.4, 0.5) is 0 Å². The fourth-order valence-corrected chi connectivity index (χ4v) is 3.65. The molecule has 0 saturated carbocycles. The summed E-state index contributed by atoms with van der Waals surface area (Å²) in [5.74, 6) is 0. The maximum Gasteiger partial charge on any atom is 0.242 e. The van der Waals surface area contributed by atoms with Crippen molar-refractivity contribution in [2.75, 3.05) is 26.2 Å². The highest BCUT2D eigenvalue weighted by molar-refractivity contribution is 7.89. The van der Waals surface area contributed by atoms with Crippen molar-refractivity contribution in [2.24, 2.45) is 0 Å². The first-order valence-corrected chi connectivity index (χ1v) is 8.43. The smallest absolute Gasteiger partial charge is 0.242 e. The van der Waals surface area contributed by atoms with E-state index in [9.17, 15) is 8.42 Å². The molecule has 1 aliphatic heterocycles. The van der Waals surface area contributed by atoms with E-state index >= 15 is 0 Å². The van der Waals surface area contributed by atoms with Gasteiger partial charge >= 0.3 is 0 Å². The summed E-state index contributed by atoms with van der Waals surface area (Å²) < 4.78 is 32.7. The lowest BCUT2D eigenvalue weighted by Gasteiger charge is -2.16. The van der Waals surface area contributed by atoms with Gasteiger partial charge in [0.2, 0.25) is 10.0 Å². The van der Waals surface area contributed by atoms with E-state index in [-0.39, 0.29) is 22.6 Å². The molecule has 1 heterocycles. The molecule has 112 valence electrons. The van der Waals surface area contributed by atoms with Gasteiger partial charge in [-0.3, -0.25) is 0 Å². The quantitative estimate of drug-likeness (QED) is 0.878. The lowest BCUT2D eigenvalue weighted by molar-refractivity contribution is 0.0707. The highest BCUT2D eigenvalue weighted by Crippen LogP contribution is 2.22. The number of hydrogen-bond donors (Lipinski definition) is 2. The van der Waals surface area contributed by atoms with Crippen LogP contribution in [0, 0.1) is 6.92 Å². The van der Waals surface area contributed by atoms with Gasteiger partial charge in [-0.25, -0.2) is 13.1 Å². The van der Waals surface area contributed by atoms with Crippen molar-refractivity contribution in [3.05, 3.63) is 28.8 Å². The van der Waals surface area contributed by atoms with Crippen LogP contribution in [0.1, 0.15) is 12.0 Å². The Morgan fingerprint density at radius 1 is 1.50 bits per heavy atom. The van der Waals surface area contributed by atoms with Crippen LogP contribution >= 0.6 is 11.6 Å². The molecule has 0 spiro atoms. The van der Waals surface area contributed by atoms with E-state index in [0.717, 1.165) is 18.5 Å². The third-order valence-corrected chi connectivity index (χ3v) is 5.01. The monoisotopic (exact) mass is 318 g/mol. The van der Waals surface area contributed by atoms with E-state index in [0.29, 0.717) is 13.2 Å². The second kappa shape index (κ2) is 6.87. The normalized spacial score (nSPS) is 20.6. The van der Waals surface area contributed by atoms with Gasteiger partial charge in [-0.15, -0.1) is 0 Å². The molecule has 1 atom stereocenters. The Morgan fingerprint density at radius 3 is 3.10 bits per heavy atom. The second-order valence-electron chi connectivity index (χ2n) is 4.84. The Balaban J connectivity index is 2.05. The van der Waals surface area contributed by atoms with Gasteiger partial charge in [0.15, 0.2) is 0 Å². The number of rotatable bonds is 4. The van der Waals surface area contributed by atoms with Crippen molar-refractivity contribution in [1.29, 1.82) is 0 Å². The van der Waals surface area contributed by atoms with E-state index in [4.69, 9.17) is 16.3 Å². The van der Waals surface area contributed by atoms with Crippen LogP contribution in [-0.4, -0.2) is 40.8 Å². The molecular formula is C13H19ClN2O3S. The molecule has 0 amide bonds. The van der Waals surface area contributed by atoms with Crippen LogP contribution in [0.5, 0.6) is 0 Å². The lowest BCUT2D eigenvalue weighted by Crippen LogP contribution is -2.38. The minimum Gasteiger partial charge on any atom is -0.375 e. The van der Waals surface area contributed by atoms with Crippen LogP contribution in [0.3, 0.4) is 0 Å². The molecule has 1 aliphatic rings. The molecule has 1 fully saturated rings. The average molecular weight is 319 g/mol. The Bertz CT molecular complexity index is 555. The summed E-state index contributed by atoms with van der Waals surface area (Å²) in [5, 5.41) is 3.43. The zero-order valence-corrected chi connectivity index (χ0v) is 12.9. The molecule has 5 nitrogen and oxygen atoms in total. The van der Waals surface area contributed by atoms with Crippen molar-refractivity contribution in [2.45, 2.75) is 24.3 Å². The van der Waals surface area contributed by atoms with Gasteiger partial charge in [-0.2, -0.15) is 0 Å². The summed E-state index contributed by atoms with van der Waals surface area (Å²) >= 11 is 5.97. The zero-order valence-electron chi connectivity index (χ0n) is 11.4. The van der Waals surface area contributed by atoms with Crippen molar-refractivity contribution < 1.29 is 13.2 Å². The van der Waals surface area contributed by atoms with Crippen LogP contribution in [0.25, 0.3) is 0 Å². The van der Waals surface area contributed by atoms with E-state index in [1.54, 1.807) is 18.2 Å².